The summed E-state index contributed by atoms with van der Waals surface area (Å²) in [5.74, 6) is 0.444. The number of hydrogen-bond donors (Lipinski definition) is 3. The van der Waals surface area contributed by atoms with Gasteiger partial charge in [0.15, 0.2) is 0 Å². The monoisotopic (exact) mass is 523 g/mol. The Morgan fingerprint density at radius 2 is 1.66 bits per heavy atom. The zero-order chi connectivity index (χ0) is 26.5. The fourth-order valence-corrected chi connectivity index (χ4v) is 6.32. The van der Waals surface area contributed by atoms with Crippen molar-refractivity contribution in [2.24, 2.45) is 5.73 Å². The summed E-state index contributed by atoms with van der Waals surface area (Å²) in [6.07, 6.45) is 0. The molecule has 0 fully saturated rings. The zero-order valence-electron chi connectivity index (χ0n) is 21.1. The predicted octanol–water partition coefficient (Wildman–Crippen LogP) is 5.70. The number of ether oxygens (including phenoxy) is 1. The van der Waals surface area contributed by atoms with E-state index in [0.717, 1.165) is 32.2 Å². The minimum Gasteiger partial charge on any atom is -0.492 e. The third-order valence-electron chi connectivity index (χ3n) is 6.31. The molecular weight excluding hydrogens is 494 g/mol. The molecule has 4 aromatic carbocycles. The number of fused-ring (bicyclic) bond motifs is 2. The fourth-order valence-electron chi connectivity index (χ4n) is 4.39. The van der Waals surface area contributed by atoms with Crippen LogP contribution in [0.1, 0.15) is 33.2 Å². The normalized spacial score (nSPS) is 14.2. The minimum absolute atomic E-state index is 0.158. The maximum atomic E-state index is 13.0. The largest absolute Gasteiger partial charge is 0.492 e. The van der Waals surface area contributed by atoms with E-state index in [1.807, 2.05) is 91.9 Å². The Morgan fingerprint density at radius 3 is 2.37 bits per heavy atom. The van der Waals surface area contributed by atoms with Crippen LogP contribution < -0.4 is 21.1 Å². The lowest BCUT2D eigenvalue weighted by Crippen LogP contribution is -2.23. The summed E-state index contributed by atoms with van der Waals surface area (Å²) >= 11 is 0. The maximum absolute atomic E-state index is 13.0. The van der Waals surface area contributed by atoms with Gasteiger partial charge < -0.3 is 21.1 Å². The quantitative estimate of drug-likeness (QED) is 0.271. The van der Waals surface area contributed by atoms with Crippen molar-refractivity contribution in [1.82, 2.24) is 5.32 Å². The molecule has 192 valence electrons. The van der Waals surface area contributed by atoms with E-state index in [1.165, 1.54) is 0 Å². The number of hydrogen-bond acceptors (Lipinski definition) is 4. The van der Waals surface area contributed by atoms with Gasteiger partial charge in [0.05, 0.1) is 11.3 Å². The third kappa shape index (κ3) is 5.39. The Hall–Kier alpha value is -4.20. The van der Waals surface area contributed by atoms with Crippen LogP contribution in [-0.2, 0) is 6.54 Å². The molecule has 5 rings (SSSR count). The van der Waals surface area contributed by atoms with E-state index in [-0.39, 0.29) is 22.3 Å². The molecule has 2 amide bonds. The summed E-state index contributed by atoms with van der Waals surface area (Å²) in [5, 5.41) is 8.10. The van der Waals surface area contributed by atoms with Crippen molar-refractivity contribution >= 4 is 33.4 Å². The summed E-state index contributed by atoms with van der Waals surface area (Å²) in [6, 6.07) is 29.2. The van der Waals surface area contributed by atoms with Crippen LogP contribution in [0, 0.1) is 0 Å². The second kappa shape index (κ2) is 11.5. The first kappa shape index (κ1) is 25.4. The summed E-state index contributed by atoms with van der Waals surface area (Å²) in [7, 11) is -0.368. The van der Waals surface area contributed by atoms with Gasteiger partial charge in [0.25, 0.3) is 11.8 Å². The van der Waals surface area contributed by atoms with Gasteiger partial charge in [0, 0.05) is 28.4 Å². The summed E-state index contributed by atoms with van der Waals surface area (Å²) in [6.45, 7) is 3.37. The number of nitrogens with one attached hydrogen (secondary N) is 2. The van der Waals surface area contributed by atoms with Crippen molar-refractivity contribution in [3.63, 3.8) is 0 Å². The van der Waals surface area contributed by atoms with Gasteiger partial charge in [-0.15, -0.1) is 10.5 Å². The molecular formula is C31H29N3O3S. The Balaban J connectivity index is 1.26. The molecule has 0 saturated heterocycles. The van der Waals surface area contributed by atoms with Gasteiger partial charge in [-0.1, -0.05) is 53.9 Å². The van der Waals surface area contributed by atoms with Gasteiger partial charge in [-0.05, 0) is 66.1 Å². The lowest BCUT2D eigenvalue weighted by atomic mass is 10.0. The number of benzene rings is 4. The Kier molecular flexibility index (Phi) is 7.67. The number of nitrogens with two attached hydrogens (primary N) is 1. The molecule has 4 N–H and O–H groups in total. The number of amides is 2. The molecule has 7 heteroatoms. The van der Waals surface area contributed by atoms with E-state index in [0.29, 0.717) is 36.5 Å². The summed E-state index contributed by atoms with van der Waals surface area (Å²) in [5.41, 5.74) is 10.5. The smallest absolute Gasteiger partial charge is 0.256 e. The molecule has 1 aliphatic heterocycles. The first-order valence-electron chi connectivity index (χ1n) is 12.4. The van der Waals surface area contributed by atoms with E-state index in [1.54, 1.807) is 6.07 Å². The SMILES string of the molecule is C/C=S1/c2ccc(C(=O)NCc3ccc(-c4ccc(OCCN)cc4)cc3)cc2NC(=O)c2ccccc21. The highest BCUT2D eigenvalue weighted by molar-refractivity contribution is 8.15. The average molecular weight is 524 g/mol. The molecule has 0 radical (unpaired) electrons. The molecule has 1 aliphatic rings. The molecule has 1 atom stereocenters. The lowest BCUT2D eigenvalue weighted by molar-refractivity contribution is 0.0949. The van der Waals surface area contributed by atoms with Crippen molar-refractivity contribution in [1.29, 1.82) is 0 Å². The van der Waals surface area contributed by atoms with Crippen LogP contribution in [0.4, 0.5) is 5.69 Å². The van der Waals surface area contributed by atoms with Gasteiger partial charge >= 0.3 is 0 Å². The van der Waals surface area contributed by atoms with Crippen LogP contribution in [0.3, 0.4) is 0 Å². The van der Waals surface area contributed by atoms with Crippen LogP contribution in [0.2, 0.25) is 0 Å². The number of anilines is 1. The third-order valence-corrected chi connectivity index (χ3v) is 8.44. The first-order valence-corrected chi connectivity index (χ1v) is 13.7. The second-order valence-corrected chi connectivity index (χ2v) is 10.8. The van der Waals surface area contributed by atoms with E-state index in [2.05, 4.69) is 16.0 Å². The molecule has 0 saturated carbocycles. The second-order valence-electron chi connectivity index (χ2n) is 8.78. The molecule has 38 heavy (non-hydrogen) atoms. The highest BCUT2D eigenvalue weighted by Crippen LogP contribution is 2.44. The van der Waals surface area contributed by atoms with E-state index < -0.39 is 0 Å². The van der Waals surface area contributed by atoms with Crippen molar-refractivity contribution in [3.8, 4) is 16.9 Å². The topological polar surface area (TPSA) is 93.4 Å². The molecule has 0 spiro atoms. The Labute approximate surface area is 224 Å². The van der Waals surface area contributed by atoms with E-state index in [9.17, 15) is 9.59 Å². The van der Waals surface area contributed by atoms with Crippen molar-refractivity contribution in [2.45, 2.75) is 23.3 Å². The maximum Gasteiger partial charge on any atom is 0.256 e. The van der Waals surface area contributed by atoms with Crippen LogP contribution >= 0.6 is 10.5 Å². The molecule has 6 nitrogen and oxygen atoms in total. The number of carbonyl (C=O) groups is 2. The first-order chi connectivity index (χ1) is 18.6. The van der Waals surface area contributed by atoms with Crippen molar-refractivity contribution in [3.05, 3.63) is 108 Å². The van der Waals surface area contributed by atoms with E-state index in [4.69, 9.17) is 10.5 Å². The van der Waals surface area contributed by atoms with Crippen molar-refractivity contribution in [2.75, 3.05) is 18.5 Å². The molecule has 0 aliphatic carbocycles. The highest BCUT2D eigenvalue weighted by Gasteiger charge is 2.22. The zero-order valence-corrected chi connectivity index (χ0v) is 21.9. The molecule has 0 bridgehead atoms. The predicted molar refractivity (Wildman–Crippen MR) is 154 cm³/mol. The lowest BCUT2D eigenvalue weighted by Gasteiger charge is -2.13. The van der Waals surface area contributed by atoms with Gasteiger partial charge in [0.2, 0.25) is 0 Å². The van der Waals surface area contributed by atoms with Gasteiger partial charge in [-0.3, -0.25) is 9.59 Å². The van der Waals surface area contributed by atoms with Crippen LogP contribution in [0.5, 0.6) is 5.75 Å². The molecule has 0 aromatic heterocycles. The molecule has 1 heterocycles. The summed E-state index contributed by atoms with van der Waals surface area (Å²) in [4.78, 5) is 27.9. The van der Waals surface area contributed by atoms with Crippen LogP contribution in [0.15, 0.2) is 101 Å². The highest BCUT2D eigenvalue weighted by atomic mass is 32.2. The van der Waals surface area contributed by atoms with Gasteiger partial charge in [-0.25, -0.2) is 0 Å². The number of carbonyl (C=O) groups excluding carboxylic acids is 2. The Morgan fingerprint density at radius 1 is 0.947 bits per heavy atom. The van der Waals surface area contributed by atoms with Crippen molar-refractivity contribution < 1.29 is 14.3 Å². The van der Waals surface area contributed by atoms with Gasteiger partial charge in [0.1, 0.15) is 12.4 Å². The molecule has 4 aromatic rings. The van der Waals surface area contributed by atoms with Crippen LogP contribution in [0.25, 0.3) is 11.1 Å². The summed E-state index contributed by atoms with van der Waals surface area (Å²) < 4.78 is 5.54. The minimum atomic E-state index is -0.368. The number of rotatable bonds is 7. The van der Waals surface area contributed by atoms with Crippen LogP contribution in [-0.4, -0.2) is 30.3 Å². The van der Waals surface area contributed by atoms with Gasteiger partial charge in [-0.2, -0.15) is 0 Å². The van der Waals surface area contributed by atoms with E-state index >= 15 is 0 Å². The fraction of sp³-hybridized carbons (Fsp3) is 0.129. The molecule has 1 unspecified atom stereocenters. The standard InChI is InChI=1S/C31H29N3O3S/c1-2-38-28-6-4-3-5-26(28)31(36)34-27-19-24(13-16-29(27)38)30(35)33-20-21-7-9-22(10-8-21)23-11-14-25(15-12-23)37-18-17-32/h2-16,19H,17-18,20,32H2,1H3,(H,33,35)(H,34,36). The Bertz CT molecular complexity index is 1510. The average Bonchev–Trinajstić information content (AvgIpc) is 3.08.